The van der Waals surface area contributed by atoms with E-state index < -0.39 is 0 Å². The Labute approximate surface area is 135 Å². The van der Waals surface area contributed by atoms with Gasteiger partial charge in [0, 0.05) is 38.6 Å². The summed E-state index contributed by atoms with van der Waals surface area (Å²) in [6.07, 6.45) is 3.22. The summed E-state index contributed by atoms with van der Waals surface area (Å²) in [7, 11) is 0. The molecule has 1 aromatic heterocycles. The first-order valence-corrected chi connectivity index (χ1v) is 6.94. The fraction of sp³-hybridized carbons (Fsp3) is 0.250. The van der Waals surface area contributed by atoms with Gasteiger partial charge in [0.2, 0.25) is 0 Å². The van der Waals surface area contributed by atoms with Crippen LogP contribution in [0.1, 0.15) is 10.4 Å². The number of piperazine rings is 1. The lowest BCUT2D eigenvalue weighted by Crippen LogP contribution is -2.49. The standard InChI is InChI=1S/C16H16FN3O.ClH/c17-14-5-1-2-6-15(14)19-8-10-20(11-9-19)16(21)13-4-3-7-18-12-13;/h1-7,12H,8-11H2;1H. The summed E-state index contributed by atoms with van der Waals surface area (Å²) < 4.78 is 13.8. The number of amides is 1. The minimum absolute atomic E-state index is 0. The zero-order chi connectivity index (χ0) is 14.7. The molecule has 0 unspecified atom stereocenters. The second-order valence-electron chi connectivity index (χ2n) is 4.97. The SMILES string of the molecule is Cl.O=C(c1cccnc1)N1CCN(c2ccccc2F)CC1. The van der Waals surface area contributed by atoms with Gasteiger partial charge < -0.3 is 9.80 Å². The quantitative estimate of drug-likeness (QED) is 0.853. The van der Waals surface area contributed by atoms with Crippen molar-refractivity contribution in [1.29, 1.82) is 0 Å². The van der Waals surface area contributed by atoms with Crippen molar-refractivity contribution in [2.45, 2.75) is 0 Å². The van der Waals surface area contributed by atoms with Gasteiger partial charge in [0.25, 0.3) is 5.91 Å². The monoisotopic (exact) mass is 321 g/mol. The largest absolute Gasteiger partial charge is 0.366 e. The van der Waals surface area contributed by atoms with Gasteiger partial charge in [-0.05, 0) is 24.3 Å². The van der Waals surface area contributed by atoms with Crippen molar-refractivity contribution in [3.05, 3.63) is 60.2 Å². The molecule has 2 heterocycles. The van der Waals surface area contributed by atoms with Gasteiger partial charge in [-0.2, -0.15) is 0 Å². The van der Waals surface area contributed by atoms with E-state index in [1.807, 2.05) is 11.0 Å². The average molecular weight is 322 g/mol. The zero-order valence-electron chi connectivity index (χ0n) is 12.0. The maximum Gasteiger partial charge on any atom is 0.255 e. The summed E-state index contributed by atoms with van der Waals surface area (Å²) in [4.78, 5) is 20.0. The van der Waals surface area contributed by atoms with Crippen LogP contribution in [-0.4, -0.2) is 42.0 Å². The highest BCUT2D eigenvalue weighted by atomic mass is 35.5. The summed E-state index contributed by atoms with van der Waals surface area (Å²) in [5, 5.41) is 0. The molecule has 0 aliphatic carbocycles. The molecule has 1 fully saturated rings. The smallest absolute Gasteiger partial charge is 0.255 e. The number of nitrogens with zero attached hydrogens (tertiary/aromatic N) is 3. The molecular weight excluding hydrogens is 305 g/mol. The lowest BCUT2D eigenvalue weighted by molar-refractivity contribution is 0.0746. The third-order valence-electron chi connectivity index (χ3n) is 3.67. The Bertz CT molecular complexity index is 630. The van der Waals surface area contributed by atoms with Crippen LogP contribution in [0.5, 0.6) is 0 Å². The number of para-hydroxylation sites is 1. The van der Waals surface area contributed by atoms with Crippen molar-refractivity contribution in [2.24, 2.45) is 0 Å². The van der Waals surface area contributed by atoms with Crippen molar-refractivity contribution in [3.8, 4) is 0 Å². The topological polar surface area (TPSA) is 36.4 Å². The molecule has 6 heteroatoms. The van der Waals surface area contributed by atoms with Crippen LogP contribution in [0, 0.1) is 5.82 Å². The second-order valence-corrected chi connectivity index (χ2v) is 4.97. The van der Waals surface area contributed by atoms with Crippen LogP contribution >= 0.6 is 12.4 Å². The molecular formula is C16H17ClFN3O. The minimum Gasteiger partial charge on any atom is -0.366 e. The molecule has 116 valence electrons. The van der Waals surface area contributed by atoms with E-state index in [1.165, 1.54) is 6.07 Å². The van der Waals surface area contributed by atoms with Crippen molar-refractivity contribution < 1.29 is 9.18 Å². The molecule has 0 spiro atoms. The maximum atomic E-state index is 13.8. The van der Waals surface area contributed by atoms with E-state index in [4.69, 9.17) is 0 Å². The Morgan fingerprint density at radius 2 is 1.77 bits per heavy atom. The number of pyridine rings is 1. The molecule has 0 bridgehead atoms. The van der Waals surface area contributed by atoms with Gasteiger partial charge in [0.1, 0.15) is 5.82 Å². The molecule has 0 atom stereocenters. The van der Waals surface area contributed by atoms with Gasteiger partial charge in [-0.25, -0.2) is 4.39 Å². The molecule has 1 saturated heterocycles. The van der Waals surface area contributed by atoms with Crippen molar-refractivity contribution in [1.82, 2.24) is 9.88 Å². The molecule has 2 aromatic rings. The lowest BCUT2D eigenvalue weighted by atomic mass is 10.2. The molecule has 4 nitrogen and oxygen atoms in total. The number of aromatic nitrogens is 1. The number of halogens is 2. The van der Waals surface area contributed by atoms with Crippen LogP contribution in [0.4, 0.5) is 10.1 Å². The summed E-state index contributed by atoms with van der Waals surface area (Å²) >= 11 is 0. The molecule has 0 radical (unpaired) electrons. The van der Waals surface area contributed by atoms with E-state index in [-0.39, 0.29) is 24.1 Å². The van der Waals surface area contributed by atoms with E-state index in [2.05, 4.69) is 4.98 Å². The molecule has 0 N–H and O–H groups in total. The fourth-order valence-corrected chi connectivity index (χ4v) is 2.53. The average Bonchev–Trinajstić information content (AvgIpc) is 2.56. The van der Waals surface area contributed by atoms with Crippen LogP contribution in [0.15, 0.2) is 48.8 Å². The van der Waals surface area contributed by atoms with E-state index in [9.17, 15) is 9.18 Å². The van der Waals surface area contributed by atoms with Crippen molar-refractivity contribution in [2.75, 3.05) is 31.1 Å². The number of anilines is 1. The Balaban J connectivity index is 0.00000176. The Kier molecular flexibility index (Phi) is 5.33. The lowest BCUT2D eigenvalue weighted by Gasteiger charge is -2.36. The van der Waals surface area contributed by atoms with Crippen LogP contribution in [0.2, 0.25) is 0 Å². The van der Waals surface area contributed by atoms with Crippen molar-refractivity contribution >= 4 is 24.0 Å². The highest BCUT2D eigenvalue weighted by Gasteiger charge is 2.23. The number of hydrogen-bond acceptors (Lipinski definition) is 3. The van der Waals surface area contributed by atoms with Gasteiger partial charge in [0.15, 0.2) is 0 Å². The second kappa shape index (κ2) is 7.22. The van der Waals surface area contributed by atoms with Crippen LogP contribution in [-0.2, 0) is 0 Å². The predicted octanol–water partition coefficient (Wildman–Crippen LogP) is 2.60. The molecule has 1 aliphatic heterocycles. The molecule has 1 amide bonds. The first kappa shape index (κ1) is 16.2. The van der Waals surface area contributed by atoms with E-state index in [0.29, 0.717) is 37.4 Å². The third-order valence-corrected chi connectivity index (χ3v) is 3.67. The van der Waals surface area contributed by atoms with Crippen LogP contribution in [0.3, 0.4) is 0 Å². The third kappa shape index (κ3) is 3.36. The van der Waals surface area contributed by atoms with Gasteiger partial charge >= 0.3 is 0 Å². The summed E-state index contributed by atoms with van der Waals surface area (Å²) in [6.45, 7) is 2.43. The molecule has 0 saturated carbocycles. The van der Waals surface area contributed by atoms with E-state index in [1.54, 1.807) is 41.6 Å². The molecule has 22 heavy (non-hydrogen) atoms. The normalized spacial score (nSPS) is 14.4. The molecule has 1 aromatic carbocycles. The minimum atomic E-state index is -0.218. The highest BCUT2D eigenvalue weighted by molar-refractivity contribution is 5.94. The maximum absolute atomic E-state index is 13.8. The number of rotatable bonds is 2. The highest BCUT2D eigenvalue weighted by Crippen LogP contribution is 2.20. The van der Waals surface area contributed by atoms with Crippen LogP contribution < -0.4 is 4.90 Å². The summed E-state index contributed by atoms with van der Waals surface area (Å²) in [6, 6.07) is 10.3. The summed E-state index contributed by atoms with van der Waals surface area (Å²) in [5.41, 5.74) is 1.20. The molecule has 3 rings (SSSR count). The Hall–Kier alpha value is -2.14. The number of hydrogen-bond donors (Lipinski definition) is 0. The first-order chi connectivity index (χ1) is 10.3. The number of benzene rings is 1. The van der Waals surface area contributed by atoms with Gasteiger partial charge in [0.05, 0.1) is 11.3 Å². The van der Waals surface area contributed by atoms with E-state index in [0.717, 1.165) is 0 Å². The predicted molar refractivity (Wildman–Crippen MR) is 86.0 cm³/mol. The molecule has 1 aliphatic rings. The Morgan fingerprint density at radius 1 is 1.05 bits per heavy atom. The first-order valence-electron chi connectivity index (χ1n) is 6.94. The van der Waals surface area contributed by atoms with Crippen molar-refractivity contribution in [3.63, 3.8) is 0 Å². The van der Waals surface area contributed by atoms with Crippen LogP contribution in [0.25, 0.3) is 0 Å². The fourth-order valence-electron chi connectivity index (χ4n) is 2.53. The van der Waals surface area contributed by atoms with E-state index >= 15 is 0 Å². The van der Waals surface area contributed by atoms with Gasteiger partial charge in [-0.15, -0.1) is 12.4 Å². The Morgan fingerprint density at radius 3 is 2.41 bits per heavy atom. The van der Waals surface area contributed by atoms with Gasteiger partial charge in [-0.1, -0.05) is 12.1 Å². The van der Waals surface area contributed by atoms with Gasteiger partial charge in [-0.3, -0.25) is 9.78 Å². The zero-order valence-corrected chi connectivity index (χ0v) is 12.8. The number of carbonyl (C=O) groups excluding carboxylic acids is 1. The number of carbonyl (C=O) groups is 1. The summed E-state index contributed by atoms with van der Waals surface area (Å²) in [5.74, 6) is -0.235.